The van der Waals surface area contributed by atoms with Gasteiger partial charge >= 0.3 is 0 Å². The number of hydrogen-bond acceptors (Lipinski definition) is 3. The molecule has 0 bridgehead atoms. The Morgan fingerprint density at radius 1 is 0.659 bits per heavy atom. The highest BCUT2D eigenvalue weighted by Gasteiger charge is 2.52. The Morgan fingerprint density at radius 2 is 1.39 bits per heavy atom. The predicted molar refractivity (Wildman–Crippen MR) is 170 cm³/mol. The van der Waals surface area contributed by atoms with Gasteiger partial charge in [0.1, 0.15) is 0 Å². The summed E-state index contributed by atoms with van der Waals surface area (Å²) in [5, 5.41) is 4.01. The van der Waals surface area contributed by atoms with Crippen molar-refractivity contribution in [3.8, 4) is 17.2 Å². The first kappa shape index (κ1) is 23.3. The normalized spacial score (nSPS) is 18.6. The number of benzene rings is 5. The molecule has 2 aromatic heterocycles. The van der Waals surface area contributed by atoms with Gasteiger partial charge in [-0.25, -0.2) is 9.97 Å². The minimum Gasteiger partial charge on any atom is -0.277 e. The molecule has 1 aliphatic heterocycles. The molecule has 3 heterocycles. The Labute approximate surface area is 242 Å². The summed E-state index contributed by atoms with van der Waals surface area (Å²) >= 11 is 2.05. The molecule has 196 valence electrons. The number of rotatable bonds is 2. The van der Waals surface area contributed by atoms with Gasteiger partial charge < -0.3 is 0 Å². The molecule has 2 unspecified atom stereocenters. The van der Waals surface area contributed by atoms with Gasteiger partial charge in [0.25, 0.3) is 0 Å². The maximum Gasteiger partial charge on any atom is 0.235 e. The molecule has 9 rings (SSSR count). The molecule has 7 aromatic rings. The van der Waals surface area contributed by atoms with Crippen molar-refractivity contribution in [3.05, 3.63) is 132 Å². The van der Waals surface area contributed by atoms with Crippen LogP contribution in [0.3, 0.4) is 0 Å². The number of fused-ring (bicyclic) bond motifs is 10. The van der Waals surface area contributed by atoms with Crippen LogP contribution in [0.2, 0.25) is 0 Å². The Balaban J connectivity index is 1.38. The molecule has 2 atom stereocenters. The summed E-state index contributed by atoms with van der Waals surface area (Å²) < 4.78 is 2.33. The molecular formula is C37H27N3S. The molecule has 2 aliphatic rings. The number of para-hydroxylation sites is 2. The third-order valence-corrected chi connectivity index (χ3v) is 11.0. The van der Waals surface area contributed by atoms with Crippen LogP contribution < -0.4 is 0 Å². The topological polar surface area (TPSA) is 30.7 Å². The average Bonchev–Trinajstić information content (AvgIpc) is 3.64. The quantitative estimate of drug-likeness (QED) is 0.217. The molecule has 1 aliphatic carbocycles. The fourth-order valence-corrected chi connectivity index (χ4v) is 9.11. The second kappa shape index (κ2) is 8.31. The first-order valence-electron chi connectivity index (χ1n) is 14.3. The number of aromatic nitrogens is 3. The largest absolute Gasteiger partial charge is 0.277 e. The highest BCUT2D eigenvalue weighted by Crippen LogP contribution is 2.63. The lowest BCUT2D eigenvalue weighted by molar-refractivity contribution is 0.521. The number of thioether (sulfide) groups is 1. The van der Waals surface area contributed by atoms with Crippen molar-refractivity contribution in [1.29, 1.82) is 0 Å². The van der Waals surface area contributed by atoms with E-state index in [4.69, 9.17) is 9.97 Å². The summed E-state index contributed by atoms with van der Waals surface area (Å²) in [6.45, 7) is 4.83. The molecule has 0 saturated heterocycles. The van der Waals surface area contributed by atoms with E-state index in [1.807, 2.05) is 0 Å². The summed E-state index contributed by atoms with van der Waals surface area (Å²) in [4.78, 5) is 11.9. The first-order chi connectivity index (χ1) is 20.1. The van der Waals surface area contributed by atoms with E-state index in [0.29, 0.717) is 11.2 Å². The van der Waals surface area contributed by atoms with E-state index in [-0.39, 0.29) is 5.41 Å². The van der Waals surface area contributed by atoms with Gasteiger partial charge in [-0.3, -0.25) is 4.57 Å². The SMILES string of the molecule is CC1(C)c2ccccc2C2c3ccc4c5ccccc5n(-c5nc(-c6ccccc6)c6ccccc6n5)c4c3SC21. The second-order valence-electron chi connectivity index (χ2n) is 11.8. The molecule has 41 heavy (non-hydrogen) atoms. The van der Waals surface area contributed by atoms with Crippen molar-refractivity contribution in [1.82, 2.24) is 14.5 Å². The minimum atomic E-state index is 0.0774. The molecular weight excluding hydrogens is 518 g/mol. The fourth-order valence-electron chi connectivity index (χ4n) is 7.36. The van der Waals surface area contributed by atoms with Crippen molar-refractivity contribution in [3.63, 3.8) is 0 Å². The lowest BCUT2D eigenvalue weighted by Crippen LogP contribution is -2.26. The maximum absolute atomic E-state index is 5.32. The standard InChI is InChI=1S/C37H27N3S/c1-37(2)28-17-9-6-15-25(28)31-27-21-20-24-23-14-8-11-19-30(23)40(33(24)34(27)41-35(31)37)36-38-29-18-10-7-16-26(29)32(39-36)22-12-4-3-5-13-22/h3-21,31,35H,1-2H3. The van der Waals surface area contributed by atoms with E-state index in [9.17, 15) is 0 Å². The van der Waals surface area contributed by atoms with Crippen LogP contribution in [-0.4, -0.2) is 19.8 Å². The van der Waals surface area contributed by atoms with Crippen molar-refractivity contribution in [2.24, 2.45) is 0 Å². The highest BCUT2D eigenvalue weighted by molar-refractivity contribution is 8.00. The zero-order valence-corrected chi connectivity index (χ0v) is 23.7. The Kier molecular flexibility index (Phi) is 4.72. The van der Waals surface area contributed by atoms with Gasteiger partial charge in [0.05, 0.1) is 22.2 Å². The van der Waals surface area contributed by atoms with E-state index < -0.39 is 0 Å². The van der Waals surface area contributed by atoms with E-state index >= 15 is 0 Å². The zero-order valence-electron chi connectivity index (χ0n) is 22.9. The Morgan fingerprint density at radius 3 is 2.27 bits per heavy atom. The van der Waals surface area contributed by atoms with Gasteiger partial charge in [0, 0.05) is 43.2 Å². The van der Waals surface area contributed by atoms with Gasteiger partial charge in [-0.15, -0.1) is 11.8 Å². The van der Waals surface area contributed by atoms with Crippen LogP contribution in [0.5, 0.6) is 0 Å². The van der Waals surface area contributed by atoms with Crippen LogP contribution in [0.15, 0.2) is 120 Å². The summed E-state index contributed by atoms with van der Waals surface area (Å²) in [7, 11) is 0. The molecule has 0 fully saturated rings. The third-order valence-electron chi connectivity index (χ3n) is 9.24. The van der Waals surface area contributed by atoms with E-state index in [0.717, 1.165) is 33.6 Å². The summed E-state index contributed by atoms with van der Waals surface area (Å²) in [6, 6.07) is 41.3. The van der Waals surface area contributed by atoms with Gasteiger partial charge in [-0.05, 0) is 28.8 Å². The Bertz CT molecular complexity index is 2180. The number of nitrogens with zero attached hydrogens (tertiary/aromatic N) is 3. The van der Waals surface area contributed by atoms with Gasteiger partial charge in [-0.2, -0.15) is 0 Å². The van der Waals surface area contributed by atoms with E-state index in [1.165, 1.54) is 37.9 Å². The molecule has 3 nitrogen and oxygen atoms in total. The van der Waals surface area contributed by atoms with Crippen LogP contribution in [0.4, 0.5) is 0 Å². The van der Waals surface area contributed by atoms with Crippen molar-refractivity contribution in [2.75, 3.05) is 0 Å². The smallest absolute Gasteiger partial charge is 0.235 e. The molecule has 0 amide bonds. The summed E-state index contributed by atoms with van der Waals surface area (Å²) in [6.07, 6.45) is 0. The molecule has 0 N–H and O–H groups in total. The van der Waals surface area contributed by atoms with Gasteiger partial charge in [0.2, 0.25) is 5.95 Å². The lowest BCUT2D eigenvalue weighted by Gasteiger charge is -2.26. The van der Waals surface area contributed by atoms with Crippen LogP contribution in [0, 0.1) is 0 Å². The van der Waals surface area contributed by atoms with Gasteiger partial charge in [-0.1, -0.05) is 117 Å². The van der Waals surface area contributed by atoms with Gasteiger partial charge in [0.15, 0.2) is 0 Å². The van der Waals surface area contributed by atoms with Crippen LogP contribution in [0.25, 0.3) is 49.9 Å². The fraction of sp³-hybridized carbons (Fsp3) is 0.135. The van der Waals surface area contributed by atoms with Crippen LogP contribution in [-0.2, 0) is 5.41 Å². The summed E-state index contributed by atoms with van der Waals surface area (Å²) in [5.41, 5.74) is 9.85. The molecule has 5 aromatic carbocycles. The van der Waals surface area contributed by atoms with Crippen LogP contribution >= 0.6 is 11.8 Å². The Hall–Kier alpha value is -4.41. The zero-order chi connectivity index (χ0) is 27.3. The van der Waals surface area contributed by atoms with E-state index in [2.05, 4.69) is 145 Å². The highest BCUT2D eigenvalue weighted by atomic mass is 32.2. The molecule has 0 radical (unpaired) electrons. The molecule has 0 saturated carbocycles. The van der Waals surface area contributed by atoms with Crippen LogP contribution in [0.1, 0.15) is 36.5 Å². The molecule has 4 heteroatoms. The monoisotopic (exact) mass is 545 g/mol. The number of hydrogen-bond donors (Lipinski definition) is 0. The second-order valence-corrected chi connectivity index (χ2v) is 13.0. The maximum atomic E-state index is 5.32. The van der Waals surface area contributed by atoms with Crippen molar-refractivity contribution in [2.45, 2.75) is 35.3 Å². The average molecular weight is 546 g/mol. The molecule has 0 spiro atoms. The van der Waals surface area contributed by atoms with Crippen molar-refractivity contribution >= 4 is 44.5 Å². The van der Waals surface area contributed by atoms with E-state index in [1.54, 1.807) is 0 Å². The first-order valence-corrected chi connectivity index (χ1v) is 15.1. The van der Waals surface area contributed by atoms with Crippen molar-refractivity contribution < 1.29 is 0 Å². The lowest BCUT2D eigenvalue weighted by atomic mass is 9.84. The summed E-state index contributed by atoms with van der Waals surface area (Å²) in [5.74, 6) is 1.11. The third kappa shape index (κ3) is 3.11. The minimum absolute atomic E-state index is 0.0774. The predicted octanol–water partition coefficient (Wildman–Crippen LogP) is 9.29.